The summed E-state index contributed by atoms with van der Waals surface area (Å²) in [6.45, 7) is 7.76. The first-order valence-electron chi connectivity index (χ1n) is 7.96. The quantitative estimate of drug-likeness (QED) is 0.629. The van der Waals surface area contributed by atoms with Gasteiger partial charge in [0.05, 0.1) is 6.61 Å². The van der Waals surface area contributed by atoms with E-state index in [1.54, 1.807) is 0 Å². The molecule has 0 aromatic carbocycles. The van der Waals surface area contributed by atoms with Crippen LogP contribution in [0.2, 0.25) is 0 Å². The van der Waals surface area contributed by atoms with E-state index in [9.17, 15) is 0 Å². The Bertz CT molecular complexity index is 197. The van der Waals surface area contributed by atoms with Crippen LogP contribution in [0.1, 0.15) is 65.2 Å². The first-order valence-corrected chi connectivity index (χ1v) is 7.96. The molecule has 0 heterocycles. The molecule has 0 amide bonds. The van der Waals surface area contributed by atoms with Crippen LogP contribution in [0.4, 0.5) is 0 Å². The standard InChI is InChI=1S/C16H33NO/c1-4-6-7-15-8-10-16(11-9-15,14-18-3)13-17-12-5-2/h15,17H,4-14H2,1-3H3. The van der Waals surface area contributed by atoms with Gasteiger partial charge in [0.2, 0.25) is 0 Å². The molecule has 1 aliphatic carbocycles. The smallest absolute Gasteiger partial charge is 0.0530 e. The summed E-state index contributed by atoms with van der Waals surface area (Å²) in [7, 11) is 1.85. The summed E-state index contributed by atoms with van der Waals surface area (Å²) in [6.07, 6.45) is 11.0. The first-order chi connectivity index (χ1) is 8.76. The molecule has 0 unspecified atom stereocenters. The Labute approximate surface area is 114 Å². The van der Waals surface area contributed by atoms with E-state index in [0.717, 1.165) is 25.6 Å². The van der Waals surface area contributed by atoms with Gasteiger partial charge < -0.3 is 10.1 Å². The van der Waals surface area contributed by atoms with E-state index in [1.807, 2.05) is 7.11 Å². The molecule has 0 aromatic rings. The van der Waals surface area contributed by atoms with Gasteiger partial charge in [-0.15, -0.1) is 0 Å². The number of rotatable bonds is 9. The molecule has 0 radical (unpaired) electrons. The fourth-order valence-electron chi connectivity index (χ4n) is 3.28. The molecular weight excluding hydrogens is 222 g/mol. The van der Waals surface area contributed by atoms with Crippen molar-refractivity contribution in [2.24, 2.45) is 11.3 Å². The van der Waals surface area contributed by atoms with E-state index < -0.39 is 0 Å². The van der Waals surface area contributed by atoms with Gasteiger partial charge in [-0.05, 0) is 44.6 Å². The molecule has 1 rings (SSSR count). The summed E-state index contributed by atoms with van der Waals surface area (Å²) >= 11 is 0. The second-order valence-electron chi connectivity index (χ2n) is 6.20. The second kappa shape index (κ2) is 8.92. The molecule has 108 valence electrons. The monoisotopic (exact) mass is 255 g/mol. The Kier molecular flexibility index (Phi) is 7.92. The lowest BCUT2D eigenvalue weighted by molar-refractivity contribution is 0.0343. The normalized spacial score (nSPS) is 28.5. The summed E-state index contributed by atoms with van der Waals surface area (Å²) in [4.78, 5) is 0. The zero-order chi connectivity index (χ0) is 13.3. The van der Waals surface area contributed by atoms with Crippen molar-refractivity contribution in [3.05, 3.63) is 0 Å². The predicted octanol–water partition coefficient (Wildman–Crippen LogP) is 4.00. The Morgan fingerprint density at radius 1 is 1.17 bits per heavy atom. The Balaban J connectivity index is 2.35. The van der Waals surface area contributed by atoms with E-state index in [1.165, 1.54) is 51.4 Å². The molecule has 0 atom stereocenters. The largest absolute Gasteiger partial charge is 0.384 e. The van der Waals surface area contributed by atoms with E-state index in [4.69, 9.17) is 4.74 Å². The number of ether oxygens (including phenoxy) is 1. The van der Waals surface area contributed by atoms with E-state index in [-0.39, 0.29) is 0 Å². The highest BCUT2D eigenvalue weighted by atomic mass is 16.5. The third-order valence-corrected chi connectivity index (χ3v) is 4.51. The average Bonchev–Trinajstić information content (AvgIpc) is 2.39. The van der Waals surface area contributed by atoms with Crippen molar-refractivity contribution in [2.75, 3.05) is 26.8 Å². The number of unbranched alkanes of at least 4 members (excludes halogenated alkanes) is 1. The van der Waals surface area contributed by atoms with Crippen LogP contribution < -0.4 is 5.32 Å². The van der Waals surface area contributed by atoms with Crippen molar-refractivity contribution >= 4 is 0 Å². The van der Waals surface area contributed by atoms with Gasteiger partial charge in [-0.2, -0.15) is 0 Å². The van der Waals surface area contributed by atoms with Crippen LogP contribution in [-0.4, -0.2) is 26.8 Å². The van der Waals surface area contributed by atoms with Crippen molar-refractivity contribution in [3.8, 4) is 0 Å². The zero-order valence-corrected chi connectivity index (χ0v) is 12.8. The molecule has 1 N–H and O–H groups in total. The van der Waals surface area contributed by atoms with Crippen LogP contribution in [0, 0.1) is 11.3 Å². The maximum Gasteiger partial charge on any atom is 0.0530 e. The molecule has 2 nitrogen and oxygen atoms in total. The molecule has 18 heavy (non-hydrogen) atoms. The SMILES string of the molecule is CCCCC1CCC(CNCCC)(COC)CC1. The van der Waals surface area contributed by atoms with Crippen molar-refractivity contribution in [2.45, 2.75) is 65.2 Å². The number of methoxy groups -OCH3 is 1. The molecule has 0 bridgehead atoms. The molecule has 0 saturated heterocycles. The first kappa shape index (κ1) is 16.0. The molecule has 0 aliphatic heterocycles. The summed E-state index contributed by atoms with van der Waals surface area (Å²) in [6, 6.07) is 0. The molecule has 2 heteroatoms. The van der Waals surface area contributed by atoms with Gasteiger partial charge in [-0.25, -0.2) is 0 Å². The molecule has 0 spiro atoms. The molecule has 1 fully saturated rings. The van der Waals surface area contributed by atoms with Crippen molar-refractivity contribution < 1.29 is 4.74 Å². The minimum absolute atomic E-state index is 0.423. The summed E-state index contributed by atoms with van der Waals surface area (Å²) < 4.78 is 5.49. The minimum Gasteiger partial charge on any atom is -0.384 e. The lowest BCUT2D eigenvalue weighted by Gasteiger charge is -2.40. The van der Waals surface area contributed by atoms with E-state index in [0.29, 0.717) is 5.41 Å². The topological polar surface area (TPSA) is 21.3 Å². The Morgan fingerprint density at radius 2 is 1.89 bits per heavy atom. The minimum atomic E-state index is 0.423. The maximum atomic E-state index is 5.49. The van der Waals surface area contributed by atoms with Gasteiger partial charge in [0.1, 0.15) is 0 Å². The number of hydrogen-bond acceptors (Lipinski definition) is 2. The van der Waals surface area contributed by atoms with Crippen molar-refractivity contribution in [1.29, 1.82) is 0 Å². The number of nitrogens with one attached hydrogen (secondary N) is 1. The van der Waals surface area contributed by atoms with Gasteiger partial charge in [0, 0.05) is 19.1 Å². The summed E-state index contributed by atoms with van der Waals surface area (Å²) in [5.41, 5.74) is 0.423. The van der Waals surface area contributed by atoms with Crippen LogP contribution in [0.5, 0.6) is 0 Å². The molecule has 0 aromatic heterocycles. The molecule has 1 saturated carbocycles. The van der Waals surface area contributed by atoms with Crippen molar-refractivity contribution in [1.82, 2.24) is 5.32 Å². The van der Waals surface area contributed by atoms with Crippen LogP contribution in [0.3, 0.4) is 0 Å². The predicted molar refractivity (Wildman–Crippen MR) is 79.0 cm³/mol. The maximum absolute atomic E-state index is 5.49. The van der Waals surface area contributed by atoms with Crippen LogP contribution in [0.15, 0.2) is 0 Å². The molecule has 1 aliphatic rings. The number of hydrogen-bond donors (Lipinski definition) is 1. The van der Waals surface area contributed by atoms with Crippen LogP contribution >= 0.6 is 0 Å². The highest BCUT2D eigenvalue weighted by Crippen LogP contribution is 2.40. The van der Waals surface area contributed by atoms with Gasteiger partial charge in [-0.1, -0.05) is 33.1 Å². The summed E-state index contributed by atoms with van der Waals surface area (Å²) in [5, 5.41) is 3.61. The van der Waals surface area contributed by atoms with Crippen LogP contribution in [0.25, 0.3) is 0 Å². The summed E-state index contributed by atoms with van der Waals surface area (Å²) in [5.74, 6) is 0.987. The third-order valence-electron chi connectivity index (χ3n) is 4.51. The fourth-order valence-corrected chi connectivity index (χ4v) is 3.28. The van der Waals surface area contributed by atoms with Gasteiger partial charge in [0.15, 0.2) is 0 Å². The highest BCUT2D eigenvalue weighted by molar-refractivity contribution is 4.87. The van der Waals surface area contributed by atoms with Crippen molar-refractivity contribution in [3.63, 3.8) is 0 Å². The second-order valence-corrected chi connectivity index (χ2v) is 6.20. The average molecular weight is 255 g/mol. The fraction of sp³-hybridized carbons (Fsp3) is 1.00. The molecular formula is C16H33NO. The van der Waals surface area contributed by atoms with E-state index >= 15 is 0 Å². The van der Waals surface area contributed by atoms with Gasteiger partial charge in [0.25, 0.3) is 0 Å². The van der Waals surface area contributed by atoms with Crippen LogP contribution in [-0.2, 0) is 4.74 Å². The lowest BCUT2D eigenvalue weighted by Crippen LogP contribution is -2.41. The van der Waals surface area contributed by atoms with Gasteiger partial charge >= 0.3 is 0 Å². The van der Waals surface area contributed by atoms with E-state index in [2.05, 4.69) is 19.2 Å². The third kappa shape index (κ3) is 5.27. The highest BCUT2D eigenvalue weighted by Gasteiger charge is 2.34. The lowest BCUT2D eigenvalue weighted by atomic mass is 9.69. The zero-order valence-electron chi connectivity index (χ0n) is 12.8. The Morgan fingerprint density at radius 3 is 2.44 bits per heavy atom. The van der Waals surface area contributed by atoms with Gasteiger partial charge in [-0.3, -0.25) is 0 Å². The Hall–Kier alpha value is -0.0800.